The number of halogens is 1. The fourth-order valence-electron chi connectivity index (χ4n) is 3.24. The molecular weight excluding hydrogens is 461 g/mol. The number of allylic oxidation sites excluding steroid dienone is 1. The van der Waals surface area contributed by atoms with Gasteiger partial charge in [0.05, 0.1) is 6.61 Å². The highest BCUT2D eigenvalue weighted by molar-refractivity contribution is 6.39. The molecular formula is C28H36FN3O4. The standard InChI is InChI=1S/C28H36FN3O4/c1-8-18(2)23-15-22(36-14-13-35-7)16-24(29)25(23)19(3)31-20-9-11-21(12-10-20)32-27(34)26(33)30-17-28(4,5)6/h8-12,15-16,31H,1,13-14,17H2,2-7H3,(H,30,33)(H,32,34)/b23-18-,25-19-. The summed E-state index contributed by atoms with van der Waals surface area (Å²) in [5, 5.41) is 9.46. The molecule has 3 N–H and O–H groups in total. The number of amides is 2. The maximum atomic E-state index is 15.2. The third-order valence-corrected chi connectivity index (χ3v) is 5.19. The van der Waals surface area contributed by atoms with Gasteiger partial charge in [0.25, 0.3) is 0 Å². The normalized spacial score (nSPS) is 12.9. The van der Waals surface area contributed by atoms with Crippen molar-refractivity contribution in [2.45, 2.75) is 34.6 Å². The van der Waals surface area contributed by atoms with Crippen LogP contribution in [0.15, 0.2) is 49.1 Å². The Kier molecular flexibility index (Phi) is 10.2. The van der Waals surface area contributed by atoms with Gasteiger partial charge in [0, 0.05) is 42.0 Å². The molecule has 0 atom stereocenters. The fourth-order valence-corrected chi connectivity index (χ4v) is 3.24. The number of rotatable bonds is 9. The lowest BCUT2D eigenvalue weighted by Gasteiger charge is -2.18. The van der Waals surface area contributed by atoms with E-state index in [-0.39, 0.29) is 5.41 Å². The molecule has 0 aromatic heterocycles. The molecule has 36 heavy (non-hydrogen) atoms. The van der Waals surface area contributed by atoms with E-state index in [9.17, 15) is 9.59 Å². The van der Waals surface area contributed by atoms with Gasteiger partial charge in [0.15, 0.2) is 0 Å². The van der Waals surface area contributed by atoms with E-state index in [1.807, 2.05) is 27.7 Å². The lowest BCUT2D eigenvalue weighted by molar-refractivity contribution is -0.136. The Morgan fingerprint density at radius 2 is 1.61 bits per heavy atom. The van der Waals surface area contributed by atoms with Crippen molar-refractivity contribution in [3.05, 3.63) is 65.3 Å². The van der Waals surface area contributed by atoms with Gasteiger partial charge in [0.1, 0.15) is 18.2 Å². The van der Waals surface area contributed by atoms with Gasteiger partial charge in [-0.2, -0.15) is 0 Å². The summed E-state index contributed by atoms with van der Waals surface area (Å²) in [6, 6.07) is 9.91. The second kappa shape index (κ2) is 12.9. The summed E-state index contributed by atoms with van der Waals surface area (Å²) in [5.74, 6) is -1.46. The number of hydrogen-bond donors (Lipinski definition) is 3. The zero-order chi connectivity index (χ0) is 26.9. The number of benzene rings is 2. The first-order valence-electron chi connectivity index (χ1n) is 11.7. The minimum Gasteiger partial charge on any atom is -0.491 e. The number of anilines is 2. The SMILES string of the molecule is C=C/C(C)=c1/cc(OCCOC)cc(F)/c1=C(/C)Nc1ccc(NC(=O)C(=O)NCC(C)(C)C)cc1. The fraction of sp³-hybridized carbons (Fsp3) is 0.357. The van der Waals surface area contributed by atoms with Crippen molar-refractivity contribution in [3.63, 3.8) is 0 Å². The number of hydrogen-bond acceptors (Lipinski definition) is 5. The molecule has 0 aliphatic rings. The van der Waals surface area contributed by atoms with Crippen molar-refractivity contribution in [2.24, 2.45) is 5.41 Å². The van der Waals surface area contributed by atoms with E-state index < -0.39 is 17.6 Å². The Morgan fingerprint density at radius 3 is 2.17 bits per heavy atom. The van der Waals surface area contributed by atoms with Gasteiger partial charge in [0.2, 0.25) is 0 Å². The second-order valence-corrected chi connectivity index (χ2v) is 9.58. The average Bonchev–Trinajstić information content (AvgIpc) is 2.82. The summed E-state index contributed by atoms with van der Waals surface area (Å²) in [5.41, 5.74) is 2.41. The highest BCUT2D eigenvalue weighted by atomic mass is 19.1. The molecule has 194 valence electrons. The molecule has 2 rings (SSSR count). The molecule has 2 aromatic rings. The van der Waals surface area contributed by atoms with E-state index in [1.165, 1.54) is 6.07 Å². The van der Waals surface area contributed by atoms with Crippen molar-refractivity contribution in [1.29, 1.82) is 0 Å². The van der Waals surface area contributed by atoms with Crippen molar-refractivity contribution >= 4 is 34.5 Å². The van der Waals surface area contributed by atoms with Crippen LogP contribution in [0, 0.1) is 11.2 Å². The van der Waals surface area contributed by atoms with E-state index in [0.29, 0.717) is 53.0 Å². The monoisotopic (exact) mass is 497 g/mol. The zero-order valence-electron chi connectivity index (χ0n) is 21.9. The summed E-state index contributed by atoms with van der Waals surface area (Å²) in [4.78, 5) is 24.1. The van der Waals surface area contributed by atoms with E-state index in [0.717, 1.165) is 5.57 Å². The highest BCUT2D eigenvalue weighted by Gasteiger charge is 2.17. The Hall–Kier alpha value is -3.65. The van der Waals surface area contributed by atoms with E-state index in [1.54, 1.807) is 50.4 Å². The third-order valence-electron chi connectivity index (χ3n) is 5.19. The molecule has 0 saturated carbocycles. The quantitative estimate of drug-likeness (QED) is 0.364. The molecule has 0 bridgehead atoms. The van der Waals surface area contributed by atoms with Crippen LogP contribution < -0.4 is 31.1 Å². The first-order valence-corrected chi connectivity index (χ1v) is 11.7. The van der Waals surface area contributed by atoms with Gasteiger partial charge in [-0.1, -0.05) is 33.4 Å². The number of ether oxygens (including phenoxy) is 2. The minimum atomic E-state index is -0.738. The summed E-state index contributed by atoms with van der Waals surface area (Å²) in [7, 11) is 1.57. The number of methoxy groups -OCH3 is 1. The zero-order valence-corrected chi connectivity index (χ0v) is 21.9. The van der Waals surface area contributed by atoms with Crippen molar-refractivity contribution in [1.82, 2.24) is 5.32 Å². The Balaban J connectivity index is 2.24. The van der Waals surface area contributed by atoms with Crippen LogP contribution >= 0.6 is 0 Å². The summed E-state index contributed by atoms with van der Waals surface area (Å²) in [6.45, 7) is 14.4. The summed E-state index contributed by atoms with van der Waals surface area (Å²) >= 11 is 0. The number of carbonyl (C=O) groups is 2. The smallest absolute Gasteiger partial charge is 0.313 e. The molecule has 0 saturated heterocycles. The second-order valence-electron chi connectivity index (χ2n) is 9.58. The average molecular weight is 498 g/mol. The third kappa shape index (κ3) is 8.53. The van der Waals surface area contributed by atoms with Crippen molar-refractivity contribution in [3.8, 4) is 5.75 Å². The maximum Gasteiger partial charge on any atom is 0.313 e. The lowest BCUT2D eigenvalue weighted by Crippen LogP contribution is -2.39. The Morgan fingerprint density at radius 1 is 1.00 bits per heavy atom. The molecule has 7 nitrogen and oxygen atoms in total. The van der Waals surface area contributed by atoms with Gasteiger partial charge < -0.3 is 25.4 Å². The van der Waals surface area contributed by atoms with Gasteiger partial charge in [-0.25, -0.2) is 4.39 Å². The molecule has 0 aliphatic carbocycles. The van der Waals surface area contributed by atoms with Crippen molar-refractivity contribution < 1.29 is 23.5 Å². The van der Waals surface area contributed by atoms with E-state index >= 15 is 4.39 Å². The van der Waals surface area contributed by atoms with Crippen LogP contribution in [-0.4, -0.2) is 38.7 Å². The largest absolute Gasteiger partial charge is 0.491 e. The first-order chi connectivity index (χ1) is 16.9. The van der Waals surface area contributed by atoms with E-state index in [4.69, 9.17) is 9.47 Å². The first kappa shape index (κ1) is 28.6. The van der Waals surface area contributed by atoms with E-state index in [2.05, 4.69) is 22.5 Å². The highest BCUT2D eigenvalue weighted by Crippen LogP contribution is 2.16. The Bertz CT molecular complexity index is 1220. The van der Waals surface area contributed by atoms with Crippen LogP contribution in [0.2, 0.25) is 0 Å². The van der Waals surface area contributed by atoms with Crippen LogP contribution in [0.4, 0.5) is 15.8 Å². The molecule has 2 aromatic carbocycles. The summed E-state index contributed by atoms with van der Waals surface area (Å²) in [6.07, 6.45) is 1.67. The molecule has 0 spiro atoms. The van der Waals surface area contributed by atoms with Gasteiger partial charge in [-0.15, -0.1) is 0 Å². The minimum absolute atomic E-state index is 0.129. The molecule has 0 unspecified atom stereocenters. The molecule has 0 aliphatic heterocycles. The number of carbonyl (C=O) groups excluding carboxylic acids is 2. The van der Waals surface area contributed by atoms with Gasteiger partial charge >= 0.3 is 11.8 Å². The predicted octanol–water partition coefficient (Wildman–Crippen LogP) is 3.55. The van der Waals surface area contributed by atoms with Gasteiger partial charge in [-0.3, -0.25) is 9.59 Å². The topological polar surface area (TPSA) is 88.7 Å². The van der Waals surface area contributed by atoms with Gasteiger partial charge in [-0.05, 0) is 60.4 Å². The predicted molar refractivity (Wildman–Crippen MR) is 143 cm³/mol. The Labute approximate surface area is 212 Å². The molecule has 2 amide bonds. The number of nitrogens with one attached hydrogen (secondary N) is 3. The van der Waals surface area contributed by atoms with Crippen LogP contribution in [0.1, 0.15) is 34.6 Å². The molecule has 0 fully saturated rings. The maximum absolute atomic E-state index is 15.2. The van der Waals surface area contributed by atoms with Crippen LogP contribution in [-0.2, 0) is 14.3 Å². The molecule has 8 heteroatoms. The van der Waals surface area contributed by atoms with Crippen LogP contribution in [0.25, 0.3) is 11.3 Å². The van der Waals surface area contributed by atoms with Crippen LogP contribution in [0.3, 0.4) is 0 Å². The molecule has 0 radical (unpaired) electrons. The van der Waals surface area contributed by atoms with Crippen LogP contribution in [0.5, 0.6) is 5.75 Å². The lowest BCUT2D eigenvalue weighted by atomic mass is 9.97. The summed E-state index contributed by atoms with van der Waals surface area (Å²) < 4.78 is 25.8. The molecule has 0 heterocycles. The van der Waals surface area contributed by atoms with Crippen molar-refractivity contribution in [2.75, 3.05) is 37.5 Å².